The topological polar surface area (TPSA) is 58.2 Å². The number of benzene rings is 1. The smallest absolute Gasteiger partial charge is 0.267 e. The van der Waals surface area contributed by atoms with E-state index in [9.17, 15) is 9.59 Å². The van der Waals surface area contributed by atoms with Gasteiger partial charge in [0.1, 0.15) is 5.70 Å². The number of carbonyl (C=O) groups excluding carboxylic acids is 2. The first-order chi connectivity index (χ1) is 11.1. The van der Waals surface area contributed by atoms with Crippen LogP contribution in [-0.4, -0.2) is 18.4 Å². The largest absolute Gasteiger partial charge is 0.350 e. The van der Waals surface area contributed by atoms with E-state index in [-0.39, 0.29) is 17.5 Å². The Morgan fingerprint density at radius 3 is 2.61 bits per heavy atom. The summed E-state index contributed by atoms with van der Waals surface area (Å²) in [5.41, 5.74) is 2.58. The number of rotatable bonds is 6. The van der Waals surface area contributed by atoms with Gasteiger partial charge in [-0.15, -0.1) is 0 Å². The Balaban J connectivity index is 1.95. The van der Waals surface area contributed by atoms with Crippen LogP contribution in [0.4, 0.5) is 0 Å². The van der Waals surface area contributed by atoms with Crippen molar-refractivity contribution in [3.63, 3.8) is 0 Å². The summed E-state index contributed by atoms with van der Waals surface area (Å²) in [6.45, 7) is 2.00. The van der Waals surface area contributed by atoms with Gasteiger partial charge in [-0.05, 0) is 43.7 Å². The minimum Gasteiger partial charge on any atom is -0.350 e. The summed E-state index contributed by atoms with van der Waals surface area (Å²) in [6.07, 6.45) is 9.64. The van der Waals surface area contributed by atoms with E-state index in [4.69, 9.17) is 0 Å². The van der Waals surface area contributed by atoms with Crippen molar-refractivity contribution in [2.75, 3.05) is 6.54 Å². The Morgan fingerprint density at radius 1 is 1.17 bits per heavy atom. The van der Waals surface area contributed by atoms with Crippen molar-refractivity contribution in [2.24, 2.45) is 0 Å². The third kappa shape index (κ3) is 6.10. The molecule has 0 atom stereocenters. The molecule has 2 rings (SSSR count). The third-order valence-corrected chi connectivity index (χ3v) is 3.78. The molecule has 0 radical (unpaired) electrons. The summed E-state index contributed by atoms with van der Waals surface area (Å²) in [5, 5.41) is 5.50. The molecule has 0 heterocycles. The molecule has 122 valence electrons. The van der Waals surface area contributed by atoms with Crippen LogP contribution in [0.15, 0.2) is 47.7 Å². The average molecular weight is 312 g/mol. The first-order valence-corrected chi connectivity index (χ1v) is 8.15. The van der Waals surface area contributed by atoms with Crippen molar-refractivity contribution in [3.8, 4) is 0 Å². The van der Waals surface area contributed by atoms with E-state index in [0.717, 1.165) is 24.8 Å². The molecule has 4 heteroatoms. The molecule has 4 nitrogen and oxygen atoms in total. The molecular formula is C19H24N2O2. The van der Waals surface area contributed by atoms with Gasteiger partial charge in [-0.1, -0.05) is 42.0 Å². The molecule has 0 spiro atoms. The highest BCUT2D eigenvalue weighted by molar-refractivity contribution is 6.00. The van der Waals surface area contributed by atoms with Gasteiger partial charge in [0.05, 0.1) is 0 Å². The molecule has 2 N–H and O–H groups in total. The number of carbonyl (C=O) groups is 2. The Bertz CT molecular complexity index is 603. The summed E-state index contributed by atoms with van der Waals surface area (Å²) >= 11 is 0. The fraction of sp³-hybridized carbons (Fsp3) is 0.368. The highest BCUT2D eigenvalue weighted by Crippen LogP contribution is 2.19. The normalized spacial score (nSPS) is 14.8. The van der Waals surface area contributed by atoms with Crippen molar-refractivity contribution in [2.45, 2.75) is 39.0 Å². The first kappa shape index (κ1) is 17.0. The molecule has 23 heavy (non-hydrogen) atoms. The maximum absolute atomic E-state index is 12.3. The molecular weight excluding hydrogens is 288 g/mol. The van der Waals surface area contributed by atoms with Gasteiger partial charge in [0, 0.05) is 13.5 Å². The zero-order valence-electron chi connectivity index (χ0n) is 13.6. The van der Waals surface area contributed by atoms with Crippen LogP contribution >= 0.6 is 0 Å². The first-order valence-electron chi connectivity index (χ1n) is 8.15. The van der Waals surface area contributed by atoms with E-state index < -0.39 is 0 Å². The molecule has 0 unspecified atom stereocenters. The number of hydrogen-bond acceptors (Lipinski definition) is 2. The van der Waals surface area contributed by atoms with Gasteiger partial charge in [0.2, 0.25) is 5.91 Å². The second-order valence-corrected chi connectivity index (χ2v) is 5.76. The van der Waals surface area contributed by atoms with E-state index in [2.05, 4.69) is 16.7 Å². The van der Waals surface area contributed by atoms with Gasteiger partial charge in [-0.3, -0.25) is 9.59 Å². The average Bonchev–Trinajstić information content (AvgIpc) is 2.56. The number of amides is 2. The van der Waals surface area contributed by atoms with E-state index in [1.807, 2.05) is 30.3 Å². The lowest BCUT2D eigenvalue weighted by molar-refractivity contribution is -0.122. The lowest BCUT2D eigenvalue weighted by Gasteiger charge is -2.14. The van der Waals surface area contributed by atoms with Crippen molar-refractivity contribution in [1.82, 2.24) is 10.6 Å². The monoisotopic (exact) mass is 312 g/mol. The molecule has 0 fully saturated rings. The van der Waals surface area contributed by atoms with Crippen molar-refractivity contribution < 1.29 is 9.59 Å². The summed E-state index contributed by atoms with van der Waals surface area (Å²) in [7, 11) is 0. The zero-order valence-corrected chi connectivity index (χ0v) is 13.6. The zero-order chi connectivity index (χ0) is 16.5. The van der Waals surface area contributed by atoms with Gasteiger partial charge in [-0.25, -0.2) is 0 Å². The van der Waals surface area contributed by atoms with Crippen LogP contribution in [0, 0.1) is 0 Å². The molecule has 0 saturated heterocycles. The lowest BCUT2D eigenvalue weighted by atomic mass is 9.97. The van der Waals surface area contributed by atoms with Gasteiger partial charge in [-0.2, -0.15) is 0 Å². The van der Waals surface area contributed by atoms with Crippen LogP contribution in [0.1, 0.15) is 44.6 Å². The van der Waals surface area contributed by atoms with Crippen molar-refractivity contribution in [3.05, 3.63) is 53.2 Å². The Labute approximate surface area is 137 Å². The van der Waals surface area contributed by atoms with Crippen molar-refractivity contribution in [1.29, 1.82) is 0 Å². The maximum atomic E-state index is 12.3. The minimum absolute atomic E-state index is 0.250. The Kier molecular flexibility index (Phi) is 6.60. The number of nitrogens with one attached hydrogen (secondary N) is 2. The molecule has 2 amide bonds. The molecule has 1 aliphatic carbocycles. The third-order valence-electron chi connectivity index (χ3n) is 3.78. The van der Waals surface area contributed by atoms with Crippen LogP contribution < -0.4 is 10.6 Å². The SMILES string of the molecule is CC(=O)N/C(=C/c1ccccc1)C(=O)NCCC1=CCCCC1. The van der Waals surface area contributed by atoms with Crippen LogP contribution in [0.2, 0.25) is 0 Å². The standard InChI is InChI=1S/C19H24N2O2/c1-15(22)21-18(14-17-10-6-3-7-11-17)19(23)20-13-12-16-8-4-2-5-9-16/h3,6-8,10-11,14H,2,4-5,9,12-13H2,1H3,(H,20,23)(H,21,22)/b18-14+. The highest BCUT2D eigenvalue weighted by atomic mass is 16.2. The summed E-state index contributed by atoms with van der Waals surface area (Å²) < 4.78 is 0. The summed E-state index contributed by atoms with van der Waals surface area (Å²) in [5.74, 6) is -0.502. The van der Waals surface area contributed by atoms with Crippen LogP contribution in [0.5, 0.6) is 0 Å². The van der Waals surface area contributed by atoms with E-state index in [1.165, 1.54) is 25.3 Å². The Hall–Kier alpha value is -2.36. The quantitative estimate of drug-likeness (QED) is 0.626. The predicted octanol–water partition coefficient (Wildman–Crippen LogP) is 3.17. The molecule has 0 saturated carbocycles. The second kappa shape index (κ2) is 8.93. The molecule has 0 aliphatic heterocycles. The van der Waals surface area contributed by atoms with Gasteiger partial charge in [0.25, 0.3) is 5.91 Å². The van der Waals surface area contributed by atoms with Crippen LogP contribution in [0.25, 0.3) is 6.08 Å². The molecule has 0 bridgehead atoms. The summed E-state index contributed by atoms with van der Waals surface area (Å²) in [6, 6.07) is 9.48. The fourth-order valence-corrected chi connectivity index (χ4v) is 2.63. The minimum atomic E-state index is -0.252. The second-order valence-electron chi connectivity index (χ2n) is 5.76. The molecule has 1 aromatic rings. The van der Waals surface area contributed by atoms with Gasteiger partial charge in [0.15, 0.2) is 0 Å². The highest BCUT2D eigenvalue weighted by Gasteiger charge is 2.11. The number of hydrogen-bond donors (Lipinski definition) is 2. The molecule has 1 aliphatic rings. The van der Waals surface area contributed by atoms with Crippen LogP contribution in [-0.2, 0) is 9.59 Å². The number of allylic oxidation sites excluding steroid dienone is 1. The van der Waals surface area contributed by atoms with E-state index in [0.29, 0.717) is 6.54 Å². The fourth-order valence-electron chi connectivity index (χ4n) is 2.63. The molecule has 1 aromatic carbocycles. The van der Waals surface area contributed by atoms with E-state index >= 15 is 0 Å². The van der Waals surface area contributed by atoms with Gasteiger partial charge >= 0.3 is 0 Å². The van der Waals surface area contributed by atoms with Gasteiger partial charge < -0.3 is 10.6 Å². The lowest BCUT2D eigenvalue weighted by Crippen LogP contribution is -2.34. The molecule has 0 aromatic heterocycles. The Morgan fingerprint density at radius 2 is 1.96 bits per heavy atom. The maximum Gasteiger partial charge on any atom is 0.267 e. The summed E-state index contributed by atoms with van der Waals surface area (Å²) in [4.78, 5) is 23.6. The van der Waals surface area contributed by atoms with Crippen molar-refractivity contribution >= 4 is 17.9 Å². The van der Waals surface area contributed by atoms with E-state index in [1.54, 1.807) is 6.08 Å². The van der Waals surface area contributed by atoms with Crippen LogP contribution in [0.3, 0.4) is 0 Å². The predicted molar refractivity (Wildman–Crippen MR) is 92.4 cm³/mol.